The molecule has 0 saturated heterocycles. The maximum atomic E-state index is 11.8. The molecule has 1 fully saturated rings. The van der Waals surface area contributed by atoms with Crippen LogP contribution in [-0.2, 0) is 10.5 Å². The highest BCUT2D eigenvalue weighted by Crippen LogP contribution is 2.31. The molecule has 21 heavy (non-hydrogen) atoms. The van der Waals surface area contributed by atoms with Gasteiger partial charge in [0.25, 0.3) is 0 Å². The molecule has 0 spiro atoms. The third-order valence-corrected chi connectivity index (χ3v) is 5.68. The smallest absolute Gasteiger partial charge is 0.229 e. The molecule has 0 aliphatic heterocycles. The van der Waals surface area contributed by atoms with Crippen LogP contribution in [-0.4, -0.2) is 16.1 Å². The highest BCUT2D eigenvalue weighted by Gasteiger charge is 2.25. The fourth-order valence-electron chi connectivity index (χ4n) is 1.92. The van der Waals surface area contributed by atoms with E-state index in [1.807, 2.05) is 24.3 Å². The standard InChI is InChI=1S/C14H14ClN3OS2/c15-11-6-4-9(5-7-11)8-20-14-18-17-13(21-14)16-12(19)10-2-1-3-10/h4-7,10H,1-3,8H2,(H,16,17,19). The van der Waals surface area contributed by atoms with Crippen molar-refractivity contribution in [3.63, 3.8) is 0 Å². The van der Waals surface area contributed by atoms with E-state index in [9.17, 15) is 4.79 Å². The van der Waals surface area contributed by atoms with Crippen LogP contribution in [0.4, 0.5) is 5.13 Å². The maximum Gasteiger partial charge on any atom is 0.229 e. The SMILES string of the molecule is O=C(Nc1nnc(SCc2ccc(Cl)cc2)s1)C1CCC1. The molecule has 1 N–H and O–H groups in total. The Bertz CT molecular complexity index is 625. The highest BCUT2D eigenvalue weighted by molar-refractivity contribution is 8.00. The van der Waals surface area contributed by atoms with E-state index in [1.165, 1.54) is 16.9 Å². The molecule has 1 aliphatic carbocycles. The minimum Gasteiger partial charge on any atom is -0.300 e. The van der Waals surface area contributed by atoms with E-state index in [2.05, 4.69) is 15.5 Å². The number of amides is 1. The van der Waals surface area contributed by atoms with E-state index in [0.717, 1.165) is 34.4 Å². The zero-order valence-corrected chi connectivity index (χ0v) is 13.6. The van der Waals surface area contributed by atoms with E-state index in [4.69, 9.17) is 11.6 Å². The quantitative estimate of drug-likeness (QED) is 0.654. The molecule has 3 rings (SSSR count). The average molecular weight is 340 g/mol. The molecule has 1 amide bonds. The molecule has 110 valence electrons. The van der Waals surface area contributed by atoms with Gasteiger partial charge in [-0.05, 0) is 30.5 Å². The van der Waals surface area contributed by atoms with Gasteiger partial charge < -0.3 is 5.32 Å². The van der Waals surface area contributed by atoms with Crippen molar-refractivity contribution in [2.24, 2.45) is 5.92 Å². The summed E-state index contributed by atoms with van der Waals surface area (Å²) in [6.45, 7) is 0. The summed E-state index contributed by atoms with van der Waals surface area (Å²) in [6.07, 6.45) is 3.13. The molecule has 0 atom stereocenters. The number of carbonyl (C=O) groups is 1. The van der Waals surface area contributed by atoms with Crippen molar-refractivity contribution in [1.82, 2.24) is 10.2 Å². The number of rotatable bonds is 5. The van der Waals surface area contributed by atoms with Crippen molar-refractivity contribution in [3.8, 4) is 0 Å². The summed E-state index contributed by atoms with van der Waals surface area (Å²) in [6, 6.07) is 7.74. The maximum absolute atomic E-state index is 11.8. The molecular weight excluding hydrogens is 326 g/mol. The van der Waals surface area contributed by atoms with Gasteiger partial charge in [0.1, 0.15) is 0 Å². The Morgan fingerprint density at radius 3 is 2.76 bits per heavy atom. The number of carbonyl (C=O) groups excluding carboxylic acids is 1. The Labute approximate surface area is 136 Å². The Morgan fingerprint density at radius 1 is 1.33 bits per heavy atom. The molecule has 1 aliphatic rings. The lowest BCUT2D eigenvalue weighted by Crippen LogP contribution is -2.27. The van der Waals surface area contributed by atoms with Crippen LogP contribution in [0.1, 0.15) is 24.8 Å². The number of halogens is 1. The summed E-state index contributed by atoms with van der Waals surface area (Å²) < 4.78 is 0.855. The fraction of sp³-hybridized carbons (Fsp3) is 0.357. The Morgan fingerprint density at radius 2 is 2.10 bits per heavy atom. The van der Waals surface area contributed by atoms with Crippen molar-refractivity contribution in [1.29, 1.82) is 0 Å². The lowest BCUT2D eigenvalue weighted by Gasteiger charge is -2.23. The van der Waals surface area contributed by atoms with Crippen LogP contribution >= 0.6 is 34.7 Å². The molecular formula is C14H14ClN3OS2. The summed E-state index contributed by atoms with van der Waals surface area (Å²) in [7, 11) is 0. The van der Waals surface area contributed by atoms with Crippen molar-refractivity contribution in [3.05, 3.63) is 34.9 Å². The minimum atomic E-state index is 0.0756. The Balaban J connectivity index is 1.52. The van der Waals surface area contributed by atoms with Crippen LogP contribution in [0.5, 0.6) is 0 Å². The largest absolute Gasteiger partial charge is 0.300 e. The molecule has 0 radical (unpaired) electrons. The zero-order valence-electron chi connectivity index (χ0n) is 11.2. The van der Waals surface area contributed by atoms with E-state index in [0.29, 0.717) is 5.13 Å². The molecule has 0 unspecified atom stereocenters. The average Bonchev–Trinajstić information content (AvgIpc) is 2.83. The number of hydrogen-bond acceptors (Lipinski definition) is 5. The number of nitrogens with zero attached hydrogens (tertiary/aromatic N) is 2. The second kappa shape index (κ2) is 6.77. The van der Waals surface area contributed by atoms with Gasteiger partial charge in [0.15, 0.2) is 4.34 Å². The monoisotopic (exact) mass is 339 g/mol. The molecule has 2 aromatic rings. The first-order valence-corrected chi connectivity index (χ1v) is 8.90. The Kier molecular flexibility index (Phi) is 4.77. The van der Waals surface area contributed by atoms with E-state index in [-0.39, 0.29) is 11.8 Å². The van der Waals surface area contributed by atoms with Gasteiger partial charge in [0.2, 0.25) is 11.0 Å². The van der Waals surface area contributed by atoms with Crippen LogP contribution < -0.4 is 5.32 Å². The van der Waals surface area contributed by atoms with E-state index in [1.54, 1.807) is 11.8 Å². The van der Waals surface area contributed by atoms with Crippen molar-refractivity contribution < 1.29 is 4.79 Å². The van der Waals surface area contributed by atoms with E-state index < -0.39 is 0 Å². The minimum absolute atomic E-state index is 0.0756. The third kappa shape index (κ3) is 3.96. The zero-order chi connectivity index (χ0) is 14.7. The lowest BCUT2D eigenvalue weighted by molar-refractivity contribution is -0.122. The molecule has 0 bridgehead atoms. The number of benzene rings is 1. The van der Waals surface area contributed by atoms with Crippen molar-refractivity contribution in [2.45, 2.75) is 29.4 Å². The second-order valence-corrected chi connectivity index (χ2v) is 7.54. The van der Waals surface area contributed by atoms with E-state index >= 15 is 0 Å². The molecule has 4 nitrogen and oxygen atoms in total. The molecule has 1 saturated carbocycles. The summed E-state index contributed by atoms with van der Waals surface area (Å²) in [5, 5.41) is 12.3. The Hall–Kier alpha value is -1.11. The van der Waals surface area contributed by atoms with Gasteiger partial charge in [-0.3, -0.25) is 4.79 Å². The molecule has 1 heterocycles. The van der Waals surface area contributed by atoms with Gasteiger partial charge in [-0.25, -0.2) is 0 Å². The van der Waals surface area contributed by atoms with Crippen molar-refractivity contribution >= 4 is 45.7 Å². The predicted octanol–water partition coefficient (Wildman–Crippen LogP) is 4.22. The third-order valence-electron chi connectivity index (χ3n) is 3.39. The van der Waals surface area contributed by atoms with Crippen LogP contribution in [0.25, 0.3) is 0 Å². The fourth-order valence-corrected chi connectivity index (χ4v) is 3.76. The highest BCUT2D eigenvalue weighted by atomic mass is 35.5. The molecule has 7 heteroatoms. The van der Waals surface area contributed by atoms with Gasteiger partial charge in [-0.2, -0.15) is 0 Å². The van der Waals surface area contributed by atoms with Crippen molar-refractivity contribution in [2.75, 3.05) is 5.32 Å². The van der Waals surface area contributed by atoms with Gasteiger partial charge in [-0.1, -0.05) is 53.3 Å². The number of nitrogens with one attached hydrogen (secondary N) is 1. The summed E-state index contributed by atoms with van der Waals surface area (Å²) in [5.41, 5.74) is 1.18. The number of aromatic nitrogens is 2. The summed E-state index contributed by atoms with van der Waals surface area (Å²) in [5.74, 6) is 1.05. The predicted molar refractivity (Wildman–Crippen MR) is 86.9 cm³/mol. The first kappa shape index (κ1) is 14.8. The number of thioether (sulfide) groups is 1. The van der Waals surface area contributed by atoms with Gasteiger partial charge in [0.05, 0.1) is 0 Å². The molecule has 1 aromatic heterocycles. The normalized spacial score (nSPS) is 14.7. The number of hydrogen-bond donors (Lipinski definition) is 1. The van der Waals surface area contributed by atoms with Gasteiger partial charge in [-0.15, -0.1) is 10.2 Å². The second-order valence-electron chi connectivity index (χ2n) is 4.91. The lowest BCUT2D eigenvalue weighted by atomic mass is 9.85. The number of anilines is 1. The van der Waals surface area contributed by atoms with Crippen LogP contribution in [0.15, 0.2) is 28.6 Å². The first-order valence-electron chi connectivity index (χ1n) is 6.72. The topological polar surface area (TPSA) is 54.9 Å². The van der Waals surface area contributed by atoms with Crippen LogP contribution in [0.2, 0.25) is 5.02 Å². The van der Waals surface area contributed by atoms with Gasteiger partial charge >= 0.3 is 0 Å². The summed E-state index contributed by atoms with van der Waals surface area (Å²) >= 11 is 8.88. The first-order chi connectivity index (χ1) is 10.2. The van der Waals surface area contributed by atoms with Crippen LogP contribution in [0.3, 0.4) is 0 Å². The van der Waals surface area contributed by atoms with Crippen LogP contribution in [0, 0.1) is 5.92 Å². The summed E-state index contributed by atoms with van der Waals surface area (Å²) in [4.78, 5) is 11.8. The van der Waals surface area contributed by atoms with Gasteiger partial charge in [0, 0.05) is 16.7 Å². The molecule has 1 aromatic carbocycles.